The number of hydrogen-bond donors (Lipinski definition) is 3. The van der Waals surface area contributed by atoms with E-state index in [4.69, 9.17) is 0 Å². The summed E-state index contributed by atoms with van der Waals surface area (Å²) in [7, 11) is -4.13. The average Bonchev–Trinajstić information content (AvgIpc) is 2.53. The summed E-state index contributed by atoms with van der Waals surface area (Å²) < 4.78 is 64.9. The molecule has 0 aromatic heterocycles. The molecule has 0 unspecified atom stereocenters. The summed E-state index contributed by atoms with van der Waals surface area (Å²) in [5.74, 6) is -0.752. The first-order valence-electron chi connectivity index (χ1n) is 7.03. The van der Waals surface area contributed by atoms with Crippen LogP contribution < -0.4 is 15.4 Å². The Labute approximate surface area is 141 Å². The number of anilines is 2. The van der Waals surface area contributed by atoms with Crippen molar-refractivity contribution in [3.63, 3.8) is 0 Å². The van der Waals surface area contributed by atoms with E-state index in [9.17, 15) is 26.4 Å². The molecule has 3 rings (SSSR count). The minimum atomic E-state index is -4.63. The van der Waals surface area contributed by atoms with Crippen molar-refractivity contribution in [2.24, 2.45) is 0 Å². The third kappa shape index (κ3) is 3.59. The molecule has 0 radical (unpaired) electrons. The molecule has 0 bridgehead atoms. The molecule has 6 nitrogen and oxygen atoms in total. The highest BCUT2D eigenvalue weighted by Gasteiger charge is 2.37. The average molecular weight is 371 g/mol. The van der Waals surface area contributed by atoms with E-state index in [-0.39, 0.29) is 10.6 Å². The van der Waals surface area contributed by atoms with Crippen LogP contribution in [0.3, 0.4) is 0 Å². The topological polar surface area (TPSA) is 87.3 Å². The lowest BCUT2D eigenvalue weighted by atomic mass is 10.2. The van der Waals surface area contributed by atoms with Gasteiger partial charge in [0.1, 0.15) is 4.90 Å². The minimum absolute atomic E-state index is 0.290. The van der Waals surface area contributed by atoms with Gasteiger partial charge in [0.05, 0.1) is 11.3 Å². The van der Waals surface area contributed by atoms with Gasteiger partial charge in [-0.15, -0.1) is 0 Å². The van der Waals surface area contributed by atoms with Crippen LogP contribution in [0.5, 0.6) is 0 Å². The van der Waals surface area contributed by atoms with Gasteiger partial charge in [0.2, 0.25) is 10.0 Å². The maximum atomic E-state index is 12.8. The van der Waals surface area contributed by atoms with Crippen LogP contribution in [0.15, 0.2) is 53.4 Å². The predicted octanol–water partition coefficient (Wildman–Crippen LogP) is 2.37. The Kier molecular flexibility index (Phi) is 4.17. The number of hydrogen-bond acceptors (Lipinski definition) is 4. The van der Waals surface area contributed by atoms with Gasteiger partial charge in [0, 0.05) is 5.69 Å². The summed E-state index contributed by atoms with van der Waals surface area (Å²) in [5.41, 5.74) is -0.886. The highest BCUT2D eigenvalue weighted by molar-refractivity contribution is 7.89. The number of fused-ring (bicyclic) bond motifs is 1. The summed E-state index contributed by atoms with van der Waals surface area (Å²) in [6.45, 7) is 0. The molecule has 1 aliphatic heterocycles. The molecule has 25 heavy (non-hydrogen) atoms. The summed E-state index contributed by atoms with van der Waals surface area (Å²) in [4.78, 5) is 11.9. The zero-order valence-electron chi connectivity index (χ0n) is 12.5. The molecule has 0 spiro atoms. The van der Waals surface area contributed by atoms with E-state index in [1.807, 2.05) is 0 Å². The van der Waals surface area contributed by atoms with Crippen molar-refractivity contribution in [2.45, 2.75) is 17.2 Å². The van der Waals surface area contributed by atoms with E-state index in [1.54, 1.807) is 30.3 Å². The van der Waals surface area contributed by atoms with Crippen LogP contribution in [-0.2, 0) is 21.0 Å². The lowest BCUT2D eigenvalue weighted by Gasteiger charge is -2.27. The Balaban J connectivity index is 1.90. The number of carbonyl (C=O) groups excluding carboxylic acids is 1. The second-order valence-electron chi connectivity index (χ2n) is 5.26. The molecule has 0 fully saturated rings. The Hall–Kier alpha value is -2.59. The van der Waals surface area contributed by atoms with Gasteiger partial charge in [-0.25, -0.2) is 8.42 Å². The highest BCUT2D eigenvalue weighted by atomic mass is 32.2. The van der Waals surface area contributed by atoms with Gasteiger partial charge < -0.3 is 10.6 Å². The van der Waals surface area contributed by atoms with Crippen LogP contribution in [-0.4, -0.2) is 20.5 Å². The second-order valence-corrected chi connectivity index (χ2v) is 6.95. The van der Waals surface area contributed by atoms with E-state index < -0.39 is 33.8 Å². The molecule has 2 aromatic carbocycles. The van der Waals surface area contributed by atoms with Crippen LogP contribution in [0.1, 0.15) is 5.56 Å². The summed E-state index contributed by atoms with van der Waals surface area (Å²) in [6, 6.07) is 10.4. The van der Waals surface area contributed by atoms with Gasteiger partial charge in [-0.1, -0.05) is 18.2 Å². The van der Waals surface area contributed by atoms with Gasteiger partial charge in [-0.05, 0) is 30.3 Å². The molecule has 1 heterocycles. The molecule has 1 atom stereocenters. The number of nitrogens with one attached hydrogen (secondary N) is 3. The summed E-state index contributed by atoms with van der Waals surface area (Å²) in [5, 5.41) is 4.96. The molecular formula is C15H12F3N3O3S. The highest BCUT2D eigenvalue weighted by Crippen LogP contribution is 2.35. The number of para-hydroxylation sites is 1. The van der Waals surface area contributed by atoms with Gasteiger partial charge in [0.15, 0.2) is 6.17 Å². The molecule has 1 aliphatic rings. The van der Waals surface area contributed by atoms with Crippen LogP contribution in [0.25, 0.3) is 0 Å². The molecule has 3 N–H and O–H groups in total. The normalized spacial score (nSPS) is 18.8. The molecule has 0 saturated heterocycles. The van der Waals surface area contributed by atoms with Crippen LogP contribution >= 0.6 is 0 Å². The first-order chi connectivity index (χ1) is 11.7. The first kappa shape index (κ1) is 17.2. The van der Waals surface area contributed by atoms with Crippen LogP contribution in [0, 0.1) is 0 Å². The Bertz CT molecular complexity index is 915. The van der Waals surface area contributed by atoms with Crippen LogP contribution in [0.2, 0.25) is 0 Å². The smallest absolute Gasteiger partial charge is 0.360 e. The summed E-state index contributed by atoms with van der Waals surface area (Å²) >= 11 is 0. The number of halogens is 3. The van der Waals surface area contributed by atoms with Gasteiger partial charge in [0.25, 0.3) is 5.91 Å². The Morgan fingerprint density at radius 2 is 1.76 bits per heavy atom. The fourth-order valence-corrected chi connectivity index (χ4v) is 3.57. The zero-order valence-corrected chi connectivity index (χ0v) is 13.3. The molecule has 10 heteroatoms. The Morgan fingerprint density at radius 1 is 1.08 bits per heavy atom. The van der Waals surface area contributed by atoms with Gasteiger partial charge in [-0.2, -0.15) is 17.9 Å². The van der Waals surface area contributed by atoms with Crippen molar-refractivity contribution in [1.82, 2.24) is 4.72 Å². The van der Waals surface area contributed by atoms with Crippen molar-refractivity contribution in [1.29, 1.82) is 0 Å². The standard InChI is InChI=1S/C15H12F3N3O3S/c16-15(17,18)9-6-7-12-11(8-9)20-13(21-25(12,23)24)14(22)19-10-4-2-1-3-5-10/h1-8,13,20-21H,(H,19,22)/t13-/m0/s1. The molecule has 132 valence electrons. The third-order valence-corrected chi connectivity index (χ3v) is 4.95. The van der Waals surface area contributed by atoms with E-state index in [1.165, 1.54) is 0 Å². The lowest BCUT2D eigenvalue weighted by molar-refractivity contribution is -0.137. The molecule has 0 saturated carbocycles. The van der Waals surface area contributed by atoms with Gasteiger partial charge >= 0.3 is 6.18 Å². The van der Waals surface area contributed by atoms with Crippen molar-refractivity contribution in [3.05, 3.63) is 54.1 Å². The molecular weight excluding hydrogens is 359 g/mol. The summed E-state index contributed by atoms with van der Waals surface area (Å²) in [6.07, 6.45) is -6.08. The van der Waals surface area contributed by atoms with E-state index in [0.29, 0.717) is 17.8 Å². The fraction of sp³-hybridized carbons (Fsp3) is 0.133. The number of alkyl halides is 3. The third-order valence-electron chi connectivity index (χ3n) is 3.47. The van der Waals surface area contributed by atoms with Crippen molar-refractivity contribution in [3.8, 4) is 0 Å². The lowest BCUT2D eigenvalue weighted by Crippen LogP contribution is -2.51. The van der Waals surface area contributed by atoms with Crippen molar-refractivity contribution < 1.29 is 26.4 Å². The Morgan fingerprint density at radius 3 is 2.40 bits per heavy atom. The largest absolute Gasteiger partial charge is 0.416 e. The predicted molar refractivity (Wildman–Crippen MR) is 84.2 cm³/mol. The number of rotatable bonds is 2. The van der Waals surface area contributed by atoms with Crippen LogP contribution in [0.4, 0.5) is 24.5 Å². The van der Waals surface area contributed by atoms with Gasteiger partial charge in [-0.3, -0.25) is 4.79 Å². The monoisotopic (exact) mass is 371 g/mol. The quantitative estimate of drug-likeness (QED) is 0.756. The molecule has 0 aliphatic carbocycles. The maximum absolute atomic E-state index is 12.8. The zero-order chi connectivity index (χ0) is 18.2. The first-order valence-corrected chi connectivity index (χ1v) is 8.51. The minimum Gasteiger partial charge on any atom is -0.360 e. The number of carbonyl (C=O) groups is 1. The van der Waals surface area contributed by atoms with E-state index >= 15 is 0 Å². The van der Waals surface area contributed by atoms with E-state index in [0.717, 1.165) is 6.07 Å². The van der Waals surface area contributed by atoms with Crippen molar-refractivity contribution >= 4 is 27.3 Å². The molecule has 2 aromatic rings. The fourth-order valence-electron chi connectivity index (χ4n) is 2.31. The second kappa shape index (κ2) is 6.05. The van der Waals surface area contributed by atoms with Crippen molar-refractivity contribution in [2.75, 3.05) is 10.6 Å². The number of amides is 1. The van der Waals surface area contributed by atoms with E-state index in [2.05, 4.69) is 15.4 Å². The SMILES string of the molecule is O=C(Nc1ccccc1)[C@H]1Nc2cc(C(F)(F)F)ccc2S(=O)(=O)N1. The number of benzene rings is 2. The maximum Gasteiger partial charge on any atom is 0.416 e. The number of sulfonamides is 1. The molecule has 1 amide bonds.